The largest absolute Gasteiger partial charge is 0.369 e. The Labute approximate surface area is 123 Å². The zero-order valence-corrected chi connectivity index (χ0v) is 12.7. The van der Waals surface area contributed by atoms with E-state index in [0.717, 1.165) is 29.9 Å². The minimum Gasteiger partial charge on any atom is -0.369 e. The number of halogens is 1. The molecule has 1 N–H and O–H groups in total. The number of anilines is 1. The molecule has 2 aromatic rings. The Morgan fingerprint density at radius 1 is 1.35 bits per heavy atom. The van der Waals surface area contributed by atoms with Crippen LogP contribution in [-0.4, -0.2) is 18.6 Å². The zero-order chi connectivity index (χ0) is 14.4. The van der Waals surface area contributed by atoms with Crippen molar-refractivity contribution in [3.8, 4) is 0 Å². The summed E-state index contributed by atoms with van der Waals surface area (Å²) in [6.07, 6.45) is 1.08. The summed E-state index contributed by atoms with van der Waals surface area (Å²) in [5, 5.41) is 5.31. The van der Waals surface area contributed by atoms with E-state index < -0.39 is 0 Å². The monoisotopic (exact) mass is 293 g/mol. The molecule has 0 atom stereocenters. The molecule has 3 nitrogen and oxygen atoms in total. The van der Waals surface area contributed by atoms with E-state index in [-0.39, 0.29) is 5.82 Å². The lowest BCUT2D eigenvalue weighted by Crippen LogP contribution is -2.18. The molecule has 20 heavy (non-hydrogen) atoms. The summed E-state index contributed by atoms with van der Waals surface area (Å²) in [5.74, 6) is -0.194. The molecule has 0 spiro atoms. The second-order valence-electron chi connectivity index (χ2n) is 4.83. The molecule has 0 bridgehead atoms. The quantitative estimate of drug-likeness (QED) is 0.793. The van der Waals surface area contributed by atoms with Gasteiger partial charge >= 0.3 is 0 Å². The summed E-state index contributed by atoms with van der Waals surface area (Å²) in [6, 6.07) is 5.18. The molecule has 0 aliphatic rings. The number of thiazole rings is 1. The molecule has 0 aliphatic carbocycles. The van der Waals surface area contributed by atoms with Crippen LogP contribution in [0.25, 0.3) is 0 Å². The van der Waals surface area contributed by atoms with Crippen LogP contribution in [0, 0.1) is 5.82 Å². The van der Waals surface area contributed by atoms with Crippen LogP contribution < -0.4 is 10.2 Å². The SMILES string of the molecule is CCCNCc1cc(F)cc(N(C)Cc2cscn2)c1. The normalized spacial score (nSPS) is 10.8. The Bertz CT molecular complexity index is 528. The maximum atomic E-state index is 13.7. The van der Waals surface area contributed by atoms with Gasteiger partial charge in [-0.05, 0) is 36.7 Å². The van der Waals surface area contributed by atoms with E-state index in [4.69, 9.17) is 0 Å². The van der Waals surface area contributed by atoms with Gasteiger partial charge in [-0.15, -0.1) is 11.3 Å². The van der Waals surface area contributed by atoms with Gasteiger partial charge in [0.05, 0.1) is 17.7 Å². The molecule has 0 fully saturated rings. The Kier molecular flexibility index (Phi) is 5.49. The maximum absolute atomic E-state index is 13.7. The number of rotatable bonds is 7. The molecular formula is C15H20FN3S. The van der Waals surface area contributed by atoms with Crippen LogP contribution in [0.15, 0.2) is 29.1 Å². The first-order chi connectivity index (χ1) is 9.69. The van der Waals surface area contributed by atoms with Crippen molar-refractivity contribution in [3.63, 3.8) is 0 Å². The average Bonchev–Trinajstić information content (AvgIpc) is 2.91. The third-order valence-corrected chi connectivity index (χ3v) is 3.66. The highest BCUT2D eigenvalue weighted by molar-refractivity contribution is 7.07. The summed E-state index contributed by atoms with van der Waals surface area (Å²) in [6.45, 7) is 4.45. The lowest BCUT2D eigenvalue weighted by molar-refractivity contribution is 0.618. The first-order valence-corrected chi connectivity index (χ1v) is 7.71. The van der Waals surface area contributed by atoms with Crippen molar-refractivity contribution in [3.05, 3.63) is 46.2 Å². The Balaban J connectivity index is 2.06. The van der Waals surface area contributed by atoms with Gasteiger partial charge in [-0.3, -0.25) is 0 Å². The highest BCUT2D eigenvalue weighted by Crippen LogP contribution is 2.19. The Hall–Kier alpha value is -1.46. The molecule has 0 radical (unpaired) electrons. The third kappa shape index (κ3) is 4.28. The summed E-state index contributed by atoms with van der Waals surface area (Å²) in [5.41, 5.74) is 4.67. The van der Waals surface area contributed by atoms with Crippen molar-refractivity contribution in [2.75, 3.05) is 18.5 Å². The molecule has 0 saturated heterocycles. The summed E-state index contributed by atoms with van der Waals surface area (Å²) < 4.78 is 13.7. The Morgan fingerprint density at radius 3 is 2.90 bits per heavy atom. The van der Waals surface area contributed by atoms with Crippen LogP contribution >= 0.6 is 11.3 Å². The minimum atomic E-state index is -0.194. The van der Waals surface area contributed by atoms with Gasteiger partial charge in [0.1, 0.15) is 5.82 Å². The number of hydrogen-bond donors (Lipinski definition) is 1. The van der Waals surface area contributed by atoms with Crippen molar-refractivity contribution >= 4 is 17.0 Å². The summed E-state index contributed by atoms with van der Waals surface area (Å²) in [7, 11) is 1.96. The highest BCUT2D eigenvalue weighted by atomic mass is 32.1. The van der Waals surface area contributed by atoms with E-state index in [0.29, 0.717) is 13.1 Å². The van der Waals surface area contributed by atoms with Crippen LogP contribution in [-0.2, 0) is 13.1 Å². The number of aromatic nitrogens is 1. The molecule has 2 rings (SSSR count). The molecule has 0 saturated carbocycles. The van der Waals surface area contributed by atoms with Crippen LogP contribution in [0.4, 0.5) is 10.1 Å². The molecule has 5 heteroatoms. The highest BCUT2D eigenvalue weighted by Gasteiger charge is 2.07. The standard InChI is InChI=1S/C15H20FN3S/c1-3-4-17-8-12-5-13(16)7-15(6-12)19(2)9-14-10-20-11-18-14/h5-7,10-11,17H,3-4,8-9H2,1-2H3. The maximum Gasteiger partial charge on any atom is 0.125 e. The molecule has 0 unspecified atom stereocenters. The van der Waals surface area contributed by atoms with Crippen molar-refractivity contribution in [1.82, 2.24) is 10.3 Å². The second kappa shape index (κ2) is 7.36. The second-order valence-corrected chi connectivity index (χ2v) is 5.55. The van der Waals surface area contributed by atoms with Gasteiger partial charge in [-0.1, -0.05) is 6.92 Å². The van der Waals surface area contributed by atoms with Crippen molar-refractivity contribution < 1.29 is 4.39 Å². The van der Waals surface area contributed by atoms with Crippen LogP contribution in [0.2, 0.25) is 0 Å². The van der Waals surface area contributed by atoms with E-state index >= 15 is 0 Å². The van der Waals surface area contributed by atoms with Gasteiger partial charge in [-0.25, -0.2) is 9.37 Å². The molecule has 108 valence electrons. The molecule has 1 heterocycles. The topological polar surface area (TPSA) is 28.2 Å². The first kappa shape index (κ1) is 14.9. The molecule has 1 aromatic heterocycles. The lowest BCUT2D eigenvalue weighted by atomic mass is 10.1. The predicted molar refractivity (Wildman–Crippen MR) is 82.6 cm³/mol. The predicted octanol–water partition coefficient (Wildman–Crippen LogP) is 3.42. The number of nitrogens with one attached hydrogen (secondary N) is 1. The van der Waals surface area contributed by atoms with Crippen LogP contribution in [0.5, 0.6) is 0 Å². The number of hydrogen-bond acceptors (Lipinski definition) is 4. The van der Waals surface area contributed by atoms with Crippen molar-refractivity contribution in [2.45, 2.75) is 26.4 Å². The van der Waals surface area contributed by atoms with Gasteiger partial charge < -0.3 is 10.2 Å². The molecule has 0 amide bonds. The van der Waals surface area contributed by atoms with Gasteiger partial charge in [0, 0.05) is 24.7 Å². The fraction of sp³-hybridized carbons (Fsp3) is 0.400. The van der Waals surface area contributed by atoms with Gasteiger partial charge in [0.25, 0.3) is 0 Å². The Morgan fingerprint density at radius 2 is 2.20 bits per heavy atom. The van der Waals surface area contributed by atoms with Crippen LogP contribution in [0.1, 0.15) is 24.6 Å². The average molecular weight is 293 g/mol. The van der Waals surface area contributed by atoms with Crippen LogP contribution in [0.3, 0.4) is 0 Å². The van der Waals surface area contributed by atoms with Crippen molar-refractivity contribution in [2.24, 2.45) is 0 Å². The van der Waals surface area contributed by atoms with E-state index in [1.165, 1.54) is 0 Å². The smallest absolute Gasteiger partial charge is 0.125 e. The fourth-order valence-electron chi connectivity index (χ4n) is 2.02. The number of nitrogens with zero attached hydrogens (tertiary/aromatic N) is 2. The molecule has 1 aromatic carbocycles. The lowest BCUT2D eigenvalue weighted by Gasteiger charge is -2.19. The van der Waals surface area contributed by atoms with E-state index in [2.05, 4.69) is 17.2 Å². The molecule has 0 aliphatic heterocycles. The van der Waals surface area contributed by atoms with E-state index in [9.17, 15) is 4.39 Å². The number of benzene rings is 1. The van der Waals surface area contributed by atoms with Gasteiger partial charge in [0.2, 0.25) is 0 Å². The summed E-state index contributed by atoms with van der Waals surface area (Å²) >= 11 is 1.57. The summed E-state index contributed by atoms with van der Waals surface area (Å²) in [4.78, 5) is 6.27. The first-order valence-electron chi connectivity index (χ1n) is 6.77. The zero-order valence-electron chi connectivity index (χ0n) is 11.9. The molecular weight excluding hydrogens is 273 g/mol. The van der Waals surface area contributed by atoms with E-state index in [1.807, 2.05) is 28.9 Å². The third-order valence-electron chi connectivity index (χ3n) is 3.02. The fourth-order valence-corrected chi connectivity index (χ4v) is 2.56. The van der Waals surface area contributed by atoms with Gasteiger partial charge in [-0.2, -0.15) is 0 Å². The van der Waals surface area contributed by atoms with Gasteiger partial charge in [0.15, 0.2) is 0 Å². The van der Waals surface area contributed by atoms with E-state index in [1.54, 1.807) is 23.5 Å². The minimum absolute atomic E-state index is 0.194. The van der Waals surface area contributed by atoms with Crippen molar-refractivity contribution in [1.29, 1.82) is 0 Å².